The Bertz CT molecular complexity index is 644. The van der Waals surface area contributed by atoms with Crippen LogP contribution in [-0.4, -0.2) is 51.9 Å². The van der Waals surface area contributed by atoms with Crippen LogP contribution in [0.1, 0.15) is 49.4 Å². The molecular weight excluding hydrogens is 356 g/mol. The number of rotatable bonds is 4. The number of halogens is 1. The van der Waals surface area contributed by atoms with Gasteiger partial charge in [-0.25, -0.2) is 0 Å². The molecule has 2 fully saturated rings. The summed E-state index contributed by atoms with van der Waals surface area (Å²) in [6.45, 7) is 4.33. The lowest BCUT2D eigenvalue weighted by Crippen LogP contribution is -2.53. The lowest BCUT2D eigenvalue weighted by atomic mass is 10.0. The summed E-state index contributed by atoms with van der Waals surface area (Å²) >= 11 is 8.09. The van der Waals surface area contributed by atoms with Crippen LogP contribution in [0.15, 0.2) is 24.3 Å². The van der Waals surface area contributed by atoms with Crippen LogP contribution < -0.4 is 0 Å². The topological polar surface area (TPSA) is 40.6 Å². The van der Waals surface area contributed by atoms with E-state index in [2.05, 4.69) is 6.92 Å². The number of nitrogens with zero attached hydrogens (tertiary/aromatic N) is 2. The molecule has 1 aromatic carbocycles. The van der Waals surface area contributed by atoms with Gasteiger partial charge in [-0.05, 0) is 31.4 Å². The maximum Gasteiger partial charge on any atom is 0.256 e. The van der Waals surface area contributed by atoms with Gasteiger partial charge in [0.05, 0.1) is 15.5 Å². The number of unbranched alkanes of at least 4 members (excludes halogenated alkanes) is 1. The van der Waals surface area contributed by atoms with Crippen LogP contribution in [0.25, 0.3) is 0 Å². The van der Waals surface area contributed by atoms with Gasteiger partial charge in [-0.2, -0.15) is 0 Å². The van der Waals surface area contributed by atoms with E-state index in [1.54, 1.807) is 12.1 Å². The number of carbonyl (C=O) groups excluding carboxylic acids is 2. The third kappa shape index (κ3) is 3.82. The van der Waals surface area contributed by atoms with E-state index < -0.39 is 0 Å². The van der Waals surface area contributed by atoms with Gasteiger partial charge in [0.15, 0.2) is 0 Å². The fourth-order valence-electron chi connectivity index (χ4n) is 3.68. The molecule has 0 atom stereocenters. The molecular formula is C19H25ClN2O2S. The highest BCUT2D eigenvalue weighted by Crippen LogP contribution is 2.45. The molecule has 6 heteroatoms. The van der Waals surface area contributed by atoms with E-state index in [1.165, 1.54) is 0 Å². The van der Waals surface area contributed by atoms with Crippen molar-refractivity contribution in [3.8, 4) is 0 Å². The third-order valence-electron chi connectivity index (χ3n) is 5.17. The smallest absolute Gasteiger partial charge is 0.256 e. The molecule has 1 spiro atoms. The van der Waals surface area contributed by atoms with Crippen molar-refractivity contribution >= 4 is 35.2 Å². The van der Waals surface area contributed by atoms with Gasteiger partial charge in [-0.15, -0.1) is 11.8 Å². The van der Waals surface area contributed by atoms with Gasteiger partial charge in [-0.1, -0.05) is 37.1 Å². The SMILES string of the molecule is CCCCC(=O)N1CCC2(CC1)SCCN2C(=O)c1ccccc1Cl. The standard InChI is InChI=1S/C19H25ClN2O2S/c1-2-3-8-17(23)21-11-9-19(10-12-21)22(13-14-25-19)18(24)15-6-4-5-7-16(15)20/h4-7H,2-3,8-14H2,1H3. The number of piperidine rings is 1. The minimum absolute atomic E-state index is 0.0151. The van der Waals surface area contributed by atoms with Crippen LogP contribution in [-0.2, 0) is 4.79 Å². The first kappa shape index (κ1) is 18.6. The average Bonchev–Trinajstić information content (AvgIpc) is 3.03. The highest BCUT2D eigenvalue weighted by molar-refractivity contribution is 8.00. The summed E-state index contributed by atoms with van der Waals surface area (Å²) in [5.74, 6) is 1.21. The molecule has 2 saturated heterocycles. The number of likely N-dealkylation sites (tertiary alicyclic amines) is 1. The minimum atomic E-state index is -0.183. The van der Waals surface area contributed by atoms with Crippen LogP contribution >= 0.6 is 23.4 Å². The zero-order chi connectivity index (χ0) is 17.9. The molecule has 0 radical (unpaired) electrons. The maximum atomic E-state index is 13.0. The largest absolute Gasteiger partial charge is 0.342 e. The maximum absolute atomic E-state index is 13.0. The number of thioether (sulfide) groups is 1. The molecule has 0 unspecified atom stereocenters. The molecule has 2 amide bonds. The zero-order valence-corrected chi connectivity index (χ0v) is 16.2. The molecule has 0 saturated carbocycles. The van der Waals surface area contributed by atoms with Gasteiger partial charge in [0.25, 0.3) is 5.91 Å². The van der Waals surface area contributed by atoms with Gasteiger partial charge in [0, 0.05) is 31.8 Å². The Morgan fingerprint density at radius 3 is 2.60 bits per heavy atom. The van der Waals surface area contributed by atoms with E-state index >= 15 is 0 Å². The summed E-state index contributed by atoms with van der Waals surface area (Å²) in [6.07, 6.45) is 4.31. The molecule has 2 aliphatic rings. The molecule has 3 rings (SSSR count). The lowest BCUT2D eigenvalue weighted by Gasteiger charge is -2.44. The minimum Gasteiger partial charge on any atom is -0.342 e. The van der Waals surface area contributed by atoms with Crippen LogP contribution in [0.2, 0.25) is 5.02 Å². The van der Waals surface area contributed by atoms with Crippen molar-refractivity contribution in [2.45, 2.75) is 43.9 Å². The van der Waals surface area contributed by atoms with E-state index in [9.17, 15) is 9.59 Å². The number of carbonyl (C=O) groups is 2. The fourth-order valence-corrected chi connectivity index (χ4v) is 5.35. The van der Waals surface area contributed by atoms with Gasteiger partial charge < -0.3 is 9.80 Å². The van der Waals surface area contributed by atoms with Crippen molar-refractivity contribution in [3.05, 3.63) is 34.9 Å². The van der Waals surface area contributed by atoms with Gasteiger partial charge in [0.2, 0.25) is 5.91 Å². The number of hydrogen-bond acceptors (Lipinski definition) is 3. The monoisotopic (exact) mass is 380 g/mol. The highest BCUT2D eigenvalue weighted by Gasteiger charge is 2.47. The Balaban J connectivity index is 1.69. The zero-order valence-electron chi connectivity index (χ0n) is 14.7. The van der Waals surface area contributed by atoms with Crippen molar-refractivity contribution < 1.29 is 9.59 Å². The van der Waals surface area contributed by atoms with Crippen LogP contribution in [0.5, 0.6) is 0 Å². The lowest BCUT2D eigenvalue weighted by molar-refractivity contribution is -0.132. The second kappa shape index (κ2) is 8.00. The van der Waals surface area contributed by atoms with Crippen molar-refractivity contribution in [3.63, 3.8) is 0 Å². The van der Waals surface area contributed by atoms with Crippen LogP contribution in [0.4, 0.5) is 0 Å². The Labute approximate surface area is 158 Å². The second-order valence-corrected chi connectivity index (χ2v) is 8.58. The summed E-state index contributed by atoms with van der Waals surface area (Å²) in [5, 5.41) is 0.506. The van der Waals surface area contributed by atoms with Crippen molar-refractivity contribution in [2.75, 3.05) is 25.4 Å². The summed E-state index contributed by atoms with van der Waals surface area (Å²) < 4.78 is 0. The first-order valence-electron chi connectivity index (χ1n) is 9.05. The van der Waals surface area contributed by atoms with Crippen LogP contribution in [0, 0.1) is 0 Å². The molecule has 4 nitrogen and oxygen atoms in total. The quantitative estimate of drug-likeness (QED) is 0.791. The van der Waals surface area contributed by atoms with E-state index in [0.717, 1.165) is 51.1 Å². The third-order valence-corrected chi connectivity index (χ3v) is 7.05. The average molecular weight is 381 g/mol. The Kier molecular flexibility index (Phi) is 5.95. The first-order chi connectivity index (χ1) is 12.1. The normalized spacial score (nSPS) is 19.4. The first-order valence-corrected chi connectivity index (χ1v) is 10.4. The Morgan fingerprint density at radius 1 is 1.20 bits per heavy atom. The molecule has 0 N–H and O–H groups in total. The molecule has 0 aromatic heterocycles. The summed E-state index contributed by atoms with van der Waals surface area (Å²) in [6, 6.07) is 7.25. The fraction of sp³-hybridized carbons (Fsp3) is 0.579. The molecule has 136 valence electrons. The van der Waals surface area contributed by atoms with E-state index in [1.807, 2.05) is 33.7 Å². The number of amides is 2. The van der Waals surface area contributed by atoms with E-state index in [-0.39, 0.29) is 16.7 Å². The molecule has 0 aliphatic carbocycles. The second-order valence-electron chi connectivity index (χ2n) is 6.72. The van der Waals surface area contributed by atoms with Crippen LogP contribution in [0.3, 0.4) is 0 Å². The molecule has 25 heavy (non-hydrogen) atoms. The molecule has 1 aromatic rings. The summed E-state index contributed by atoms with van der Waals surface area (Å²) in [5.41, 5.74) is 0.576. The predicted octanol–water partition coefficient (Wildman–Crippen LogP) is 4.04. The van der Waals surface area contributed by atoms with Gasteiger partial charge in [-0.3, -0.25) is 9.59 Å². The number of hydrogen-bond donors (Lipinski definition) is 0. The highest BCUT2D eigenvalue weighted by atomic mass is 35.5. The number of benzene rings is 1. The Hall–Kier alpha value is -1.20. The Morgan fingerprint density at radius 2 is 1.92 bits per heavy atom. The van der Waals surface area contributed by atoms with E-state index in [4.69, 9.17) is 11.6 Å². The van der Waals surface area contributed by atoms with Crippen molar-refractivity contribution in [1.82, 2.24) is 9.80 Å². The molecule has 2 aliphatic heterocycles. The predicted molar refractivity (Wildman–Crippen MR) is 103 cm³/mol. The van der Waals surface area contributed by atoms with Crippen molar-refractivity contribution in [2.24, 2.45) is 0 Å². The molecule has 2 heterocycles. The van der Waals surface area contributed by atoms with Gasteiger partial charge >= 0.3 is 0 Å². The molecule has 0 bridgehead atoms. The van der Waals surface area contributed by atoms with Crippen molar-refractivity contribution in [1.29, 1.82) is 0 Å². The van der Waals surface area contributed by atoms with Gasteiger partial charge in [0.1, 0.15) is 0 Å². The summed E-state index contributed by atoms with van der Waals surface area (Å²) in [7, 11) is 0. The van der Waals surface area contributed by atoms with E-state index in [0.29, 0.717) is 17.0 Å². The summed E-state index contributed by atoms with van der Waals surface area (Å²) in [4.78, 5) is 29.1.